The lowest BCUT2D eigenvalue weighted by Crippen LogP contribution is -2.36. The van der Waals surface area contributed by atoms with Crippen LogP contribution in [0.25, 0.3) is 5.65 Å². The Morgan fingerprint density at radius 3 is 2.34 bits per heavy atom. The van der Waals surface area contributed by atoms with Crippen LogP contribution in [0.3, 0.4) is 0 Å². The van der Waals surface area contributed by atoms with E-state index in [0.29, 0.717) is 28.4 Å². The minimum Gasteiger partial charge on any atom is -0.497 e. The van der Waals surface area contributed by atoms with E-state index in [9.17, 15) is 14.7 Å². The summed E-state index contributed by atoms with van der Waals surface area (Å²) < 4.78 is 12.1. The number of carbonyl (C=O) groups excluding carboxylic acids is 1. The summed E-state index contributed by atoms with van der Waals surface area (Å²) in [5, 5.41) is 13.7. The zero-order valence-corrected chi connectivity index (χ0v) is 16.7. The Balaban J connectivity index is 1.98. The summed E-state index contributed by atoms with van der Waals surface area (Å²) in [5.74, 6) is -0.467. The van der Waals surface area contributed by atoms with Crippen molar-refractivity contribution in [3.05, 3.63) is 53.0 Å². The fourth-order valence-electron chi connectivity index (χ4n) is 3.08. The maximum Gasteiger partial charge on any atom is 0.323 e. The van der Waals surface area contributed by atoms with Gasteiger partial charge in [-0.1, -0.05) is 0 Å². The standard InChI is InChI=1S/C20H22N4O5/c1-12-5-18-21-9-17(13(2)24(18)22-12)20(27)23(11-19(25)26)10-14-6-15(28-3)8-16(7-14)29-4/h5-9H,10-11H2,1-4H3,(H,25,26). The monoisotopic (exact) mass is 398 g/mol. The molecule has 0 saturated carbocycles. The van der Waals surface area contributed by atoms with Crippen molar-refractivity contribution in [2.24, 2.45) is 0 Å². The van der Waals surface area contributed by atoms with Crippen LogP contribution in [-0.2, 0) is 11.3 Å². The van der Waals surface area contributed by atoms with Crippen LogP contribution in [0.1, 0.15) is 27.3 Å². The van der Waals surface area contributed by atoms with Crippen molar-refractivity contribution >= 4 is 17.5 Å². The van der Waals surface area contributed by atoms with E-state index in [4.69, 9.17) is 9.47 Å². The Bertz CT molecular complexity index is 1050. The van der Waals surface area contributed by atoms with Crippen LogP contribution in [0.4, 0.5) is 0 Å². The molecule has 0 saturated heterocycles. The Hall–Kier alpha value is -3.62. The van der Waals surface area contributed by atoms with Crippen LogP contribution in [0.15, 0.2) is 30.5 Å². The van der Waals surface area contributed by atoms with Gasteiger partial charge in [0.1, 0.15) is 18.0 Å². The molecule has 1 amide bonds. The largest absolute Gasteiger partial charge is 0.497 e. The van der Waals surface area contributed by atoms with Gasteiger partial charge in [0.15, 0.2) is 5.65 Å². The minimum absolute atomic E-state index is 0.0638. The van der Waals surface area contributed by atoms with E-state index < -0.39 is 18.4 Å². The van der Waals surface area contributed by atoms with Gasteiger partial charge in [0.05, 0.1) is 31.2 Å². The quantitative estimate of drug-likeness (QED) is 0.649. The minimum atomic E-state index is -1.12. The van der Waals surface area contributed by atoms with Gasteiger partial charge in [-0.3, -0.25) is 9.59 Å². The third-order valence-corrected chi connectivity index (χ3v) is 4.47. The van der Waals surface area contributed by atoms with E-state index in [-0.39, 0.29) is 12.1 Å². The highest BCUT2D eigenvalue weighted by Crippen LogP contribution is 2.24. The number of nitrogens with zero attached hydrogens (tertiary/aromatic N) is 4. The zero-order valence-electron chi connectivity index (χ0n) is 16.7. The Morgan fingerprint density at radius 1 is 1.10 bits per heavy atom. The second-order valence-electron chi connectivity index (χ2n) is 6.59. The molecule has 2 aromatic heterocycles. The summed E-state index contributed by atoms with van der Waals surface area (Å²) in [5.41, 5.74) is 2.95. The summed E-state index contributed by atoms with van der Waals surface area (Å²) in [6.07, 6.45) is 1.45. The highest BCUT2D eigenvalue weighted by atomic mass is 16.5. The number of methoxy groups -OCH3 is 2. The van der Waals surface area contributed by atoms with Crippen LogP contribution < -0.4 is 9.47 Å². The third kappa shape index (κ3) is 4.29. The number of ether oxygens (including phenoxy) is 2. The lowest BCUT2D eigenvalue weighted by atomic mass is 10.1. The molecule has 0 atom stereocenters. The molecule has 29 heavy (non-hydrogen) atoms. The van der Waals surface area contributed by atoms with Crippen LogP contribution in [-0.4, -0.2) is 57.2 Å². The van der Waals surface area contributed by atoms with Crippen molar-refractivity contribution in [3.63, 3.8) is 0 Å². The number of rotatable bonds is 7. The van der Waals surface area contributed by atoms with Crippen molar-refractivity contribution in [1.29, 1.82) is 0 Å². The van der Waals surface area contributed by atoms with Crippen molar-refractivity contribution in [2.75, 3.05) is 20.8 Å². The van der Waals surface area contributed by atoms with E-state index >= 15 is 0 Å². The number of benzene rings is 1. The SMILES string of the molecule is COc1cc(CN(CC(=O)O)C(=O)c2cnc3cc(C)nn3c2C)cc(OC)c1. The molecule has 0 radical (unpaired) electrons. The number of hydrogen-bond acceptors (Lipinski definition) is 6. The Labute approximate surface area is 167 Å². The van der Waals surface area contributed by atoms with Gasteiger partial charge >= 0.3 is 5.97 Å². The smallest absolute Gasteiger partial charge is 0.323 e. The first kappa shape index (κ1) is 20.1. The van der Waals surface area contributed by atoms with Gasteiger partial charge in [0, 0.05) is 24.9 Å². The Kier molecular flexibility index (Phi) is 5.67. The molecule has 0 bridgehead atoms. The number of hydrogen-bond donors (Lipinski definition) is 1. The second-order valence-corrected chi connectivity index (χ2v) is 6.59. The second kappa shape index (κ2) is 8.17. The number of aliphatic carboxylic acids is 1. The number of aromatic nitrogens is 3. The van der Waals surface area contributed by atoms with E-state index in [1.165, 1.54) is 25.3 Å². The number of fused-ring (bicyclic) bond motifs is 1. The summed E-state index contributed by atoms with van der Waals surface area (Å²) in [6, 6.07) is 6.97. The zero-order chi connectivity index (χ0) is 21.1. The molecule has 152 valence electrons. The Morgan fingerprint density at radius 2 is 1.76 bits per heavy atom. The topological polar surface area (TPSA) is 106 Å². The first-order valence-electron chi connectivity index (χ1n) is 8.87. The molecule has 0 aliphatic heterocycles. The fourth-order valence-corrected chi connectivity index (χ4v) is 3.08. The van der Waals surface area contributed by atoms with E-state index in [2.05, 4.69) is 10.1 Å². The molecular formula is C20H22N4O5. The molecule has 0 spiro atoms. The molecule has 3 rings (SSSR count). The van der Waals surface area contributed by atoms with Crippen molar-refractivity contribution in [3.8, 4) is 11.5 Å². The molecule has 1 N–H and O–H groups in total. The van der Waals surface area contributed by atoms with Gasteiger partial charge in [0.2, 0.25) is 0 Å². The summed E-state index contributed by atoms with van der Waals surface area (Å²) in [6.45, 7) is 3.19. The summed E-state index contributed by atoms with van der Waals surface area (Å²) >= 11 is 0. The number of carboxylic acids is 1. The van der Waals surface area contributed by atoms with Crippen LogP contribution in [0.5, 0.6) is 11.5 Å². The first-order valence-corrected chi connectivity index (χ1v) is 8.87. The van der Waals surface area contributed by atoms with Crippen LogP contribution in [0.2, 0.25) is 0 Å². The molecule has 3 aromatic rings. The van der Waals surface area contributed by atoms with Crippen LogP contribution in [0, 0.1) is 13.8 Å². The molecule has 0 aliphatic carbocycles. The lowest BCUT2D eigenvalue weighted by Gasteiger charge is -2.22. The highest BCUT2D eigenvalue weighted by Gasteiger charge is 2.23. The molecule has 2 heterocycles. The van der Waals surface area contributed by atoms with Crippen molar-refractivity contribution in [1.82, 2.24) is 19.5 Å². The summed E-state index contributed by atoms with van der Waals surface area (Å²) in [4.78, 5) is 30.1. The van der Waals surface area contributed by atoms with Crippen molar-refractivity contribution in [2.45, 2.75) is 20.4 Å². The van der Waals surface area contributed by atoms with Gasteiger partial charge in [-0.05, 0) is 31.5 Å². The fraction of sp³-hybridized carbons (Fsp3) is 0.300. The average molecular weight is 398 g/mol. The molecule has 0 unspecified atom stereocenters. The molecular weight excluding hydrogens is 376 g/mol. The van der Waals surface area contributed by atoms with Gasteiger partial charge in [0.25, 0.3) is 5.91 Å². The third-order valence-electron chi connectivity index (χ3n) is 4.47. The maximum absolute atomic E-state index is 13.2. The molecule has 0 fully saturated rings. The normalized spacial score (nSPS) is 10.8. The molecule has 0 aliphatic rings. The van der Waals surface area contributed by atoms with Gasteiger partial charge in [-0.2, -0.15) is 5.10 Å². The van der Waals surface area contributed by atoms with Crippen LogP contribution >= 0.6 is 0 Å². The molecule has 9 heteroatoms. The van der Waals surface area contributed by atoms with E-state index in [0.717, 1.165) is 5.69 Å². The van der Waals surface area contributed by atoms with Gasteiger partial charge in [-0.25, -0.2) is 9.50 Å². The number of carbonyl (C=O) groups is 2. The highest BCUT2D eigenvalue weighted by molar-refractivity contribution is 5.96. The number of aryl methyl sites for hydroxylation is 2. The predicted molar refractivity (Wildman–Crippen MR) is 104 cm³/mol. The first-order chi connectivity index (χ1) is 13.8. The lowest BCUT2D eigenvalue weighted by molar-refractivity contribution is -0.137. The number of carboxylic acid groups (broad SMARTS) is 1. The predicted octanol–water partition coefficient (Wildman–Crippen LogP) is 2.09. The van der Waals surface area contributed by atoms with E-state index in [1.807, 2.05) is 6.92 Å². The molecule has 9 nitrogen and oxygen atoms in total. The summed E-state index contributed by atoms with van der Waals surface area (Å²) in [7, 11) is 3.05. The van der Waals surface area contributed by atoms with E-state index in [1.54, 1.807) is 35.7 Å². The van der Waals surface area contributed by atoms with Gasteiger partial charge in [-0.15, -0.1) is 0 Å². The number of amides is 1. The molecule has 1 aromatic carbocycles. The van der Waals surface area contributed by atoms with Crippen molar-refractivity contribution < 1.29 is 24.2 Å². The maximum atomic E-state index is 13.2. The van der Waals surface area contributed by atoms with Gasteiger partial charge < -0.3 is 19.5 Å². The average Bonchev–Trinajstić information content (AvgIpc) is 3.08.